The van der Waals surface area contributed by atoms with Crippen LogP contribution in [0, 0.1) is 0 Å². The lowest BCUT2D eigenvalue weighted by Gasteiger charge is -2.20. The molecule has 0 saturated carbocycles. The Morgan fingerprint density at radius 2 is 1.85 bits per heavy atom. The Morgan fingerprint density at radius 3 is 2.44 bits per heavy atom. The number of nitrogens with zero attached hydrogens (tertiary/aromatic N) is 1. The normalized spacial score (nSPS) is 10.6. The van der Waals surface area contributed by atoms with E-state index in [1.807, 2.05) is 32.0 Å². The van der Waals surface area contributed by atoms with Crippen molar-refractivity contribution < 1.29 is 14.3 Å². The fraction of sp³-hybridized carbons (Fsp3) is 0.333. The Hall–Kier alpha value is -2.53. The lowest BCUT2D eigenvalue weighted by atomic mass is 10.1. The lowest BCUT2D eigenvalue weighted by molar-refractivity contribution is -0.132. The van der Waals surface area contributed by atoms with Gasteiger partial charge < -0.3 is 15.0 Å². The van der Waals surface area contributed by atoms with Crippen LogP contribution in [0.15, 0.2) is 48.5 Å². The first-order valence-corrected chi connectivity index (χ1v) is 9.28. The van der Waals surface area contributed by atoms with Crippen molar-refractivity contribution in [2.75, 3.05) is 18.4 Å². The average molecular weight is 389 g/mol. The number of carbonyl (C=O) groups excluding carboxylic acids is 2. The molecule has 0 fully saturated rings. The Kier molecular flexibility index (Phi) is 7.67. The van der Waals surface area contributed by atoms with Crippen LogP contribution in [0.4, 0.5) is 5.69 Å². The molecule has 0 unspecified atom stereocenters. The SMILES string of the molecule is CC(=O)N(CCc1cccc(Cl)c1)CC(=O)Nc1ccc(OC(C)C)cc1. The number of benzene rings is 2. The van der Waals surface area contributed by atoms with Crippen LogP contribution in [0.5, 0.6) is 5.75 Å². The fourth-order valence-electron chi connectivity index (χ4n) is 2.57. The van der Waals surface area contributed by atoms with E-state index in [-0.39, 0.29) is 24.5 Å². The summed E-state index contributed by atoms with van der Waals surface area (Å²) in [5.41, 5.74) is 1.68. The van der Waals surface area contributed by atoms with E-state index in [9.17, 15) is 9.59 Å². The number of ether oxygens (including phenoxy) is 1. The van der Waals surface area contributed by atoms with E-state index in [0.29, 0.717) is 23.7 Å². The molecule has 2 rings (SSSR count). The van der Waals surface area contributed by atoms with Crippen LogP contribution in [0.25, 0.3) is 0 Å². The first-order valence-electron chi connectivity index (χ1n) is 8.90. The number of halogens is 1. The van der Waals surface area contributed by atoms with Gasteiger partial charge in [-0.25, -0.2) is 0 Å². The average Bonchev–Trinajstić information content (AvgIpc) is 2.59. The van der Waals surface area contributed by atoms with E-state index >= 15 is 0 Å². The predicted octanol–water partition coefficient (Wildman–Crippen LogP) is 4.16. The maximum absolute atomic E-state index is 12.3. The Labute approximate surface area is 165 Å². The summed E-state index contributed by atoms with van der Waals surface area (Å²) in [6, 6.07) is 14.6. The van der Waals surface area contributed by atoms with Crippen molar-refractivity contribution >= 4 is 29.1 Å². The van der Waals surface area contributed by atoms with Crippen molar-refractivity contribution in [1.82, 2.24) is 4.90 Å². The third kappa shape index (κ3) is 7.31. The van der Waals surface area contributed by atoms with E-state index in [1.165, 1.54) is 11.8 Å². The standard InChI is InChI=1S/C21H25ClN2O3/c1-15(2)27-20-9-7-19(8-10-20)23-21(26)14-24(16(3)25)12-11-17-5-4-6-18(22)13-17/h4-10,13,15H,11-12,14H2,1-3H3,(H,23,26). The molecule has 0 spiro atoms. The zero-order valence-corrected chi connectivity index (χ0v) is 16.6. The summed E-state index contributed by atoms with van der Waals surface area (Å²) in [6.45, 7) is 5.82. The van der Waals surface area contributed by atoms with Gasteiger partial charge in [0.05, 0.1) is 12.6 Å². The van der Waals surface area contributed by atoms with Crippen molar-refractivity contribution in [3.63, 3.8) is 0 Å². The fourth-order valence-corrected chi connectivity index (χ4v) is 2.78. The highest BCUT2D eigenvalue weighted by Gasteiger charge is 2.14. The number of hydrogen-bond acceptors (Lipinski definition) is 3. The van der Waals surface area contributed by atoms with Crippen LogP contribution in [-0.4, -0.2) is 35.9 Å². The molecule has 2 aromatic carbocycles. The Morgan fingerprint density at radius 1 is 1.15 bits per heavy atom. The van der Waals surface area contributed by atoms with Crippen molar-refractivity contribution in [2.24, 2.45) is 0 Å². The topological polar surface area (TPSA) is 58.6 Å². The van der Waals surface area contributed by atoms with Gasteiger partial charge in [0, 0.05) is 24.2 Å². The molecule has 1 N–H and O–H groups in total. The van der Waals surface area contributed by atoms with E-state index in [0.717, 1.165) is 11.3 Å². The van der Waals surface area contributed by atoms with Crippen LogP contribution in [0.3, 0.4) is 0 Å². The third-order valence-corrected chi connectivity index (χ3v) is 4.08. The molecule has 5 nitrogen and oxygen atoms in total. The molecule has 0 heterocycles. The highest BCUT2D eigenvalue weighted by molar-refractivity contribution is 6.30. The summed E-state index contributed by atoms with van der Waals surface area (Å²) in [6.07, 6.45) is 0.725. The van der Waals surface area contributed by atoms with Gasteiger partial charge in [-0.15, -0.1) is 0 Å². The Bertz CT molecular complexity index is 775. The van der Waals surface area contributed by atoms with Crippen molar-refractivity contribution in [2.45, 2.75) is 33.3 Å². The van der Waals surface area contributed by atoms with Gasteiger partial charge in [0.1, 0.15) is 5.75 Å². The van der Waals surface area contributed by atoms with Crippen LogP contribution in [-0.2, 0) is 16.0 Å². The van der Waals surface area contributed by atoms with Gasteiger partial charge in [-0.2, -0.15) is 0 Å². The molecule has 0 radical (unpaired) electrons. The number of amides is 2. The first kappa shape index (κ1) is 20.8. The smallest absolute Gasteiger partial charge is 0.243 e. The number of rotatable bonds is 8. The molecule has 0 aliphatic rings. The summed E-state index contributed by atoms with van der Waals surface area (Å²) in [7, 11) is 0. The van der Waals surface area contributed by atoms with E-state index in [4.69, 9.17) is 16.3 Å². The molecule has 6 heteroatoms. The summed E-state index contributed by atoms with van der Waals surface area (Å²) >= 11 is 5.98. The molecule has 0 aromatic heterocycles. The Balaban J connectivity index is 1.89. The van der Waals surface area contributed by atoms with E-state index in [1.54, 1.807) is 30.3 Å². The molecule has 0 bridgehead atoms. The molecule has 0 aliphatic heterocycles. The van der Waals surface area contributed by atoms with Gasteiger partial charge in [0.2, 0.25) is 11.8 Å². The zero-order valence-electron chi connectivity index (χ0n) is 15.9. The number of hydrogen-bond donors (Lipinski definition) is 1. The minimum atomic E-state index is -0.242. The zero-order chi connectivity index (χ0) is 19.8. The minimum absolute atomic E-state index is 0.000143. The van der Waals surface area contributed by atoms with Gasteiger partial charge in [-0.1, -0.05) is 23.7 Å². The maximum Gasteiger partial charge on any atom is 0.243 e. The monoisotopic (exact) mass is 388 g/mol. The summed E-state index contributed by atoms with van der Waals surface area (Å²) in [5.74, 6) is 0.358. The molecular formula is C21H25ClN2O3. The number of carbonyl (C=O) groups is 2. The van der Waals surface area contributed by atoms with Gasteiger partial charge in [0.25, 0.3) is 0 Å². The summed E-state index contributed by atoms with van der Waals surface area (Å²) in [4.78, 5) is 25.7. The maximum atomic E-state index is 12.3. The van der Waals surface area contributed by atoms with Crippen molar-refractivity contribution in [3.8, 4) is 5.75 Å². The molecule has 144 valence electrons. The molecule has 2 aromatic rings. The van der Waals surface area contributed by atoms with Crippen molar-refractivity contribution in [3.05, 3.63) is 59.1 Å². The van der Waals surface area contributed by atoms with Crippen molar-refractivity contribution in [1.29, 1.82) is 0 Å². The molecular weight excluding hydrogens is 364 g/mol. The summed E-state index contributed by atoms with van der Waals surface area (Å²) in [5, 5.41) is 3.46. The second-order valence-electron chi connectivity index (χ2n) is 6.56. The van der Waals surface area contributed by atoms with Gasteiger partial charge in [0.15, 0.2) is 0 Å². The van der Waals surface area contributed by atoms with Crippen LogP contribution in [0.1, 0.15) is 26.3 Å². The van der Waals surface area contributed by atoms with Gasteiger partial charge >= 0.3 is 0 Å². The third-order valence-electron chi connectivity index (χ3n) is 3.85. The highest BCUT2D eigenvalue weighted by atomic mass is 35.5. The largest absolute Gasteiger partial charge is 0.491 e. The molecule has 0 atom stereocenters. The van der Waals surface area contributed by atoms with Gasteiger partial charge in [-0.05, 0) is 62.2 Å². The molecule has 0 saturated heterocycles. The minimum Gasteiger partial charge on any atom is -0.491 e. The van der Waals surface area contributed by atoms with Crippen LogP contribution >= 0.6 is 11.6 Å². The molecule has 27 heavy (non-hydrogen) atoms. The first-order chi connectivity index (χ1) is 12.8. The molecule has 2 amide bonds. The number of nitrogens with one attached hydrogen (secondary N) is 1. The second kappa shape index (κ2) is 9.97. The van der Waals surface area contributed by atoms with Crippen LogP contribution in [0.2, 0.25) is 5.02 Å². The highest BCUT2D eigenvalue weighted by Crippen LogP contribution is 2.17. The quantitative estimate of drug-likeness (QED) is 0.738. The molecule has 0 aliphatic carbocycles. The summed E-state index contributed by atoms with van der Waals surface area (Å²) < 4.78 is 5.58. The van der Waals surface area contributed by atoms with Crippen LogP contribution < -0.4 is 10.1 Å². The lowest BCUT2D eigenvalue weighted by Crippen LogP contribution is -2.38. The van der Waals surface area contributed by atoms with E-state index < -0.39 is 0 Å². The predicted molar refractivity (Wildman–Crippen MR) is 108 cm³/mol. The van der Waals surface area contributed by atoms with Gasteiger partial charge in [-0.3, -0.25) is 9.59 Å². The van der Waals surface area contributed by atoms with E-state index in [2.05, 4.69) is 5.32 Å². The second-order valence-corrected chi connectivity index (χ2v) is 7.00. The number of anilines is 1.